The second-order valence-corrected chi connectivity index (χ2v) is 5.48. The van der Waals surface area contributed by atoms with Gasteiger partial charge in [-0.3, -0.25) is 4.79 Å². The molecular formula is C14H11Cl2NOS. The molecule has 0 spiro atoms. The number of thioether (sulfide) groups is 1. The Kier molecular flexibility index (Phi) is 4.75. The van der Waals surface area contributed by atoms with Crippen LogP contribution in [0.4, 0.5) is 5.69 Å². The number of hydrogen-bond donors (Lipinski definition) is 1. The molecule has 19 heavy (non-hydrogen) atoms. The predicted molar refractivity (Wildman–Crippen MR) is 82.6 cm³/mol. The van der Waals surface area contributed by atoms with Crippen LogP contribution >= 0.6 is 35.0 Å². The summed E-state index contributed by atoms with van der Waals surface area (Å²) in [5.41, 5.74) is 1.01. The van der Waals surface area contributed by atoms with Gasteiger partial charge in [-0.1, -0.05) is 35.3 Å². The molecule has 5 heteroatoms. The summed E-state index contributed by atoms with van der Waals surface area (Å²) < 4.78 is 0. The van der Waals surface area contributed by atoms with Gasteiger partial charge in [-0.15, -0.1) is 11.8 Å². The molecule has 0 fully saturated rings. The van der Waals surface area contributed by atoms with Crippen LogP contribution in [-0.4, -0.2) is 12.2 Å². The summed E-state index contributed by atoms with van der Waals surface area (Å²) in [7, 11) is 0. The van der Waals surface area contributed by atoms with E-state index < -0.39 is 0 Å². The van der Waals surface area contributed by atoms with Crippen LogP contribution in [0, 0.1) is 0 Å². The third kappa shape index (κ3) is 3.44. The van der Waals surface area contributed by atoms with E-state index in [4.69, 9.17) is 23.2 Å². The van der Waals surface area contributed by atoms with Crippen LogP contribution in [0.15, 0.2) is 47.4 Å². The van der Waals surface area contributed by atoms with Gasteiger partial charge in [-0.25, -0.2) is 0 Å². The molecule has 0 aliphatic rings. The van der Waals surface area contributed by atoms with Crippen LogP contribution in [0.5, 0.6) is 0 Å². The Morgan fingerprint density at radius 1 is 1.11 bits per heavy atom. The minimum Gasteiger partial charge on any atom is -0.322 e. The average Bonchev–Trinajstić information content (AvgIpc) is 2.38. The zero-order valence-electron chi connectivity index (χ0n) is 10.1. The van der Waals surface area contributed by atoms with Gasteiger partial charge in [0.15, 0.2) is 0 Å². The molecule has 0 atom stereocenters. The minimum atomic E-state index is -0.311. The third-order valence-corrected chi connectivity index (χ3v) is 3.87. The summed E-state index contributed by atoms with van der Waals surface area (Å²) in [4.78, 5) is 13.2. The highest BCUT2D eigenvalue weighted by Crippen LogP contribution is 2.26. The molecule has 0 saturated carbocycles. The fourth-order valence-corrected chi connectivity index (χ4v) is 2.64. The lowest BCUT2D eigenvalue weighted by atomic mass is 10.2. The molecule has 98 valence electrons. The fourth-order valence-electron chi connectivity index (χ4n) is 1.61. The van der Waals surface area contributed by atoms with E-state index in [0.29, 0.717) is 21.3 Å². The molecular weight excluding hydrogens is 301 g/mol. The molecule has 2 aromatic rings. The van der Waals surface area contributed by atoms with Gasteiger partial charge >= 0.3 is 0 Å². The van der Waals surface area contributed by atoms with Crippen LogP contribution in [0.25, 0.3) is 0 Å². The first-order valence-corrected chi connectivity index (χ1v) is 7.49. The van der Waals surface area contributed by atoms with E-state index in [0.717, 1.165) is 4.90 Å². The maximum atomic E-state index is 12.2. The van der Waals surface area contributed by atoms with Gasteiger partial charge in [-0.05, 0) is 36.6 Å². The molecule has 0 heterocycles. The molecule has 0 aliphatic heterocycles. The summed E-state index contributed by atoms with van der Waals surface area (Å²) in [6.07, 6.45) is 1.98. The van der Waals surface area contributed by atoms with Crippen molar-refractivity contribution in [3.8, 4) is 0 Å². The first-order chi connectivity index (χ1) is 9.11. The number of benzene rings is 2. The van der Waals surface area contributed by atoms with Crippen LogP contribution in [0.1, 0.15) is 10.4 Å². The normalized spacial score (nSPS) is 10.3. The largest absolute Gasteiger partial charge is 0.322 e. The van der Waals surface area contributed by atoms with E-state index >= 15 is 0 Å². The Hall–Kier alpha value is -1.16. The number of anilines is 1. The summed E-state index contributed by atoms with van der Waals surface area (Å²) in [5.74, 6) is -0.311. The van der Waals surface area contributed by atoms with Gasteiger partial charge in [0.2, 0.25) is 0 Å². The SMILES string of the molecule is CSc1cccc(NC(=O)c2c(Cl)cccc2Cl)c1. The molecule has 0 saturated heterocycles. The number of nitrogens with one attached hydrogen (secondary N) is 1. The zero-order valence-corrected chi connectivity index (χ0v) is 12.4. The van der Waals surface area contributed by atoms with Gasteiger partial charge in [0.1, 0.15) is 0 Å². The molecule has 0 aromatic heterocycles. The van der Waals surface area contributed by atoms with E-state index in [1.54, 1.807) is 30.0 Å². The lowest BCUT2D eigenvalue weighted by molar-refractivity contribution is 0.102. The fraction of sp³-hybridized carbons (Fsp3) is 0.0714. The zero-order chi connectivity index (χ0) is 13.8. The average molecular weight is 312 g/mol. The lowest BCUT2D eigenvalue weighted by Crippen LogP contribution is -2.13. The number of carbonyl (C=O) groups excluding carboxylic acids is 1. The molecule has 0 radical (unpaired) electrons. The van der Waals surface area contributed by atoms with Crippen molar-refractivity contribution in [1.82, 2.24) is 0 Å². The van der Waals surface area contributed by atoms with Crippen molar-refractivity contribution in [3.63, 3.8) is 0 Å². The Morgan fingerprint density at radius 2 is 1.74 bits per heavy atom. The minimum absolute atomic E-state index is 0.292. The maximum absolute atomic E-state index is 12.2. The van der Waals surface area contributed by atoms with Crippen LogP contribution in [0.2, 0.25) is 10.0 Å². The van der Waals surface area contributed by atoms with Crippen LogP contribution in [-0.2, 0) is 0 Å². The third-order valence-electron chi connectivity index (χ3n) is 2.52. The van der Waals surface area contributed by atoms with Crippen molar-refractivity contribution in [2.75, 3.05) is 11.6 Å². The van der Waals surface area contributed by atoms with Crippen molar-refractivity contribution in [2.24, 2.45) is 0 Å². The molecule has 1 N–H and O–H groups in total. The van der Waals surface area contributed by atoms with Crippen molar-refractivity contribution in [2.45, 2.75) is 4.90 Å². The highest BCUT2D eigenvalue weighted by molar-refractivity contribution is 7.98. The van der Waals surface area contributed by atoms with Gasteiger partial charge < -0.3 is 5.32 Å². The number of carbonyl (C=O) groups is 1. The first-order valence-electron chi connectivity index (χ1n) is 5.51. The number of hydrogen-bond acceptors (Lipinski definition) is 2. The molecule has 0 aliphatic carbocycles. The Bertz CT molecular complexity index is 596. The molecule has 0 bridgehead atoms. The van der Waals surface area contributed by atoms with Gasteiger partial charge in [0, 0.05) is 10.6 Å². The number of rotatable bonds is 3. The Morgan fingerprint density at radius 3 is 2.37 bits per heavy atom. The quantitative estimate of drug-likeness (QED) is 0.811. The summed E-state index contributed by atoms with van der Waals surface area (Å²) in [6.45, 7) is 0. The highest BCUT2D eigenvalue weighted by atomic mass is 35.5. The Labute approximate surface area is 126 Å². The molecule has 2 nitrogen and oxygen atoms in total. The molecule has 1 amide bonds. The second-order valence-electron chi connectivity index (χ2n) is 3.78. The van der Waals surface area contributed by atoms with Crippen molar-refractivity contribution in [3.05, 3.63) is 58.1 Å². The number of amides is 1. The first kappa shape index (κ1) is 14.3. The van der Waals surface area contributed by atoms with Crippen molar-refractivity contribution >= 4 is 46.6 Å². The van der Waals surface area contributed by atoms with Gasteiger partial charge in [0.25, 0.3) is 5.91 Å². The summed E-state index contributed by atoms with van der Waals surface area (Å²) in [6, 6.07) is 12.6. The van der Waals surface area contributed by atoms with E-state index in [-0.39, 0.29) is 5.91 Å². The van der Waals surface area contributed by atoms with E-state index in [1.807, 2.05) is 30.5 Å². The van der Waals surface area contributed by atoms with Crippen LogP contribution in [0.3, 0.4) is 0 Å². The summed E-state index contributed by atoms with van der Waals surface area (Å²) >= 11 is 13.6. The predicted octanol–water partition coefficient (Wildman–Crippen LogP) is 4.97. The molecule has 2 aromatic carbocycles. The molecule has 0 unspecified atom stereocenters. The number of halogens is 2. The maximum Gasteiger partial charge on any atom is 0.258 e. The lowest BCUT2D eigenvalue weighted by Gasteiger charge is -2.09. The standard InChI is InChI=1S/C14H11Cl2NOS/c1-19-10-5-2-4-9(8-10)17-14(18)13-11(15)6-3-7-12(13)16/h2-8H,1H3,(H,17,18). The van der Waals surface area contributed by atoms with E-state index in [9.17, 15) is 4.79 Å². The Balaban J connectivity index is 2.26. The second kappa shape index (κ2) is 6.33. The smallest absolute Gasteiger partial charge is 0.258 e. The van der Waals surface area contributed by atoms with Gasteiger partial charge in [0.05, 0.1) is 15.6 Å². The monoisotopic (exact) mass is 311 g/mol. The summed E-state index contributed by atoms with van der Waals surface area (Å²) in [5, 5.41) is 3.47. The van der Waals surface area contributed by atoms with Crippen LogP contribution < -0.4 is 5.32 Å². The topological polar surface area (TPSA) is 29.1 Å². The van der Waals surface area contributed by atoms with E-state index in [2.05, 4.69) is 5.32 Å². The van der Waals surface area contributed by atoms with E-state index in [1.165, 1.54) is 0 Å². The van der Waals surface area contributed by atoms with Crippen molar-refractivity contribution in [1.29, 1.82) is 0 Å². The van der Waals surface area contributed by atoms with Crippen molar-refractivity contribution < 1.29 is 4.79 Å². The van der Waals surface area contributed by atoms with Gasteiger partial charge in [-0.2, -0.15) is 0 Å². The molecule has 2 rings (SSSR count). The highest BCUT2D eigenvalue weighted by Gasteiger charge is 2.14.